The molecule has 2 heterocycles. The maximum atomic E-state index is 5.67. The summed E-state index contributed by atoms with van der Waals surface area (Å²) in [5.74, 6) is 0.591. The van der Waals surface area contributed by atoms with Gasteiger partial charge in [-0.2, -0.15) is 0 Å². The van der Waals surface area contributed by atoms with E-state index in [2.05, 4.69) is 32.6 Å². The predicted molar refractivity (Wildman–Crippen MR) is 53.2 cm³/mol. The van der Waals surface area contributed by atoms with Crippen LogP contribution in [0, 0.1) is 3.57 Å². The number of aromatic amines is 1. The molecule has 0 atom stereocenters. The number of hydrogen-bond donors (Lipinski definition) is 2. The third kappa shape index (κ3) is 0.973. The quantitative estimate of drug-likeness (QED) is 0.708. The lowest BCUT2D eigenvalue weighted by atomic mass is 10.3. The molecule has 3 N–H and O–H groups in total. The Bertz CT molecular complexity index is 393. The summed E-state index contributed by atoms with van der Waals surface area (Å²) in [6.07, 6.45) is 3.62. The van der Waals surface area contributed by atoms with Crippen LogP contribution in [-0.4, -0.2) is 9.97 Å². The average Bonchev–Trinajstić information content (AvgIpc) is 2.34. The Morgan fingerprint density at radius 2 is 2.36 bits per heavy atom. The monoisotopic (exact) mass is 259 g/mol. The highest BCUT2D eigenvalue weighted by Crippen LogP contribution is 2.23. The van der Waals surface area contributed by atoms with Gasteiger partial charge in [0.1, 0.15) is 5.82 Å². The molecule has 2 aromatic heterocycles. The van der Waals surface area contributed by atoms with Gasteiger partial charge in [0.2, 0.25) is 0 Å². The summed E-state index contributed by atoms with van der Waals surface area (Å²) in [6, 6.07) is 1.91. The molecule has 3 nitrogen and oxygen atoms in total. The molecule has 0 unspecified atom stereocenters. The van der Waals surface area contributed by atoms with Gasteiger partial charge in [0.05, 0.1) is 10.9 Å². The second-order valence-corrected chi connectivity index (χ2v) is 3.42. The lowest BCUT2D eigenvalue weighted by Crippen LogP contribution is -1.89. The maximum Gasteiger partial charge on any atom is 0.133 e. The highest BCUT2D eigenvalue weighted by atomic mass is 127. The molecule has 0 spiro atoms. The van der Waals surface area contributed by atoms with Crippen molar-refractivity contribution in [3.05, 3.63) is 22.0 Å². The molecule has 2 aromatic rings. The fourth-order valence-electron chi connectivity index (χ4n) is 1.06. The first-order chi connectivity index (χ1) is 5.29. The Kier molecular flexibility index (Phi) is 1.49. The summed E-state index contributed by atoms with van der Waals surface area (Å²) in [7, 11) is 0. The van der Waals surface area contributed by atoms with E-state index in [4.69, 9.17) is 5.73 Å². The molecule has 0 aliphatic rings. The number of fused-ring (bicyclic) bond motifs is 1. The second-order valence-electron chi connectivity index (χ2n) is 2.26. The summed E-state index contributed by atoms with van der Waals surface area (Å²) in [6.45, 7) is 0. The van der Waals surface area contributed by atoms with E-state index in [1.807, 2.05) is 12.3 Å². The SMILES string of the molecule is Nc1nccc2[nH]cc(I)c12. The minimum absolute atomic E-state index is 0.591. The highest BCUT2D eigenvalue weighted by molar-refractivity contribution is 14.1. The lowest BCUT2D eigenvalue weighted by Gasteiger charge is -1.93. The fourth-order valence-corrected chi connectivity index (χ4v) is 1.79. The van der Waals surface area contributed by atoms with Gasteiger partial charge >= 0.3 is 0 Å². The molecule has 11 heavy (non-hydrogen) atoms. The first kappa shape index (κ1) is 6.90. The molecule has 0 aliphatic heterocycles. The molecule has 0 amide bonds. The molecular formula is C7H6IN3. The van der Waals surface area contributed by atoms with Crippen molar-refractivity contribution in [2.45, 2.75) is 0 Å². The number of H-pyrrole nitrogens is 1. The van der Waals surface area contributed by atoms with Crippen LogP contribution in [0.1, 0.15) is 0 Å². The number of nitrogens with two attached hydrogens (primary N) is 1. The lowest BCUT2D eigenvalue weighted by molar-refractivity contribution is 1.36. The molecule has 4 heteroatoms. The van der Waals surface area contributed by atoms with Crippen molar-refractivity contribution in [2.75, 3.05) is 5.73 Å². The van der Waals surface area contributed by atoms with Gasteiger partial charge in [-0.05, 0) is 28.7 Å². The van der Waals surface area contributed by atoms with Gasteiger partial charge in [-0.25, -0.2) is 4.98 Å². The van der Waals surface area contributed by atoms with Crippen LogP contribution >= 0.6 is 22.6 Å². The van der Waals surface area contributed by atoms with Crippen molar-refractivity contribution < 1.29 is 0 Å². The number of aromatic nitrogens is 2. The van der Waals surface area contributed by atoms with E-state index in [1.54, 1.807) is 6.20 Å². The molecule has 0 saturated carbocycles. The van der Waals surface area contributed by atoms with E-state index < -0.39 is 0 Å². The van der Waals surface area contributed by atoms with Crippen LogP contribution < -0.4 is 5.73 Å². The van der Waals surface area contributed by atoms with Gasteiger partial charge in [-0.1, -0.05) is 0 Å². The first-order valence-corrected chi connectivity index (χ1v) is 4.24. The van der Waals surface area contributed by atoms with Gasteiger partial charge in [0.25, 0.3) is 0 Å². The molecule has 0 saturated heterocycles. The average molecular weight is 259 g/mol. The molecule has 0 bridgehead atoms. The van der Waals surface area contributed by atoms with Crippen LogP contribution in [0.4, 0.5) is 5.82 Å². The topological polar surface area (TPSA) is 54.7 Å². The van der Waals surface area contributed by atoms with Crippen LogP contribution in [0.5, 0.6) is 0 Å². The van der Waals surface area contributed by atoms with E-state index in [1.165, 1.54) is 0 Å². The van der Waals surface area contributed by atoms with Crippen molar-refractivity contribution >= 4 is 39.3 Å². The third-order valence-corrected chi connectivity index (χ3v) is 2.42. The number of hydrogen-bond acceptors (Lipinski definition) is 2. The van der Waals surface area contributed by atoms with E-state index in [0.717, 1.165) is 14.5 Å². The minimum Gasteiger partial charge on any atom is -0.383 e. The van der Waals surface area contributed by atoms with Gasteiger partial charge < -0.3 is 10.7 Å². The number of rotatable bonds is 0. The Labute approximate surface area is 77.1 Å². The molecule has 0 aromatic carbocycles. The number of pyridine rings is 1. The second kappa shape index (κ2) is 2.37. The normalized spacial score (nSPS) is 10.6. The summed E-state index contributed by atoms with van der Waals surface area (Å²) in [5, 5.41) is 1.02. The van der Waals surface area contributed by atoms with E-state index >= 15 is 0 Å². The van der Waals surface area contributed by atoms with Gasteiger partial charge in [-0.3, -0.25) is 0 Å². The molecule has 0 fully saturated rings. The zero-order chi connectivity index (χ0) is 7.84. The Hall–Kier alpha value is -0.780. The predicted octanol–water partition coefficient (Wildman–Crippen LogP) is 1.75. The van der Waals surface area contributed by atoms with Gasteiger partial charge in [0.15, 0.2) is 0 Å². The van der Waals surface area contributed by atoms with Crippen molar-refractivity contribution in [2.24, 2.45) is 0 Å². The summed E-state index contributed by atoms with van der Waals surface area (Å²) >= 11 is 2.23. The maximum absolute atomic E-state index is 5.67. The third-order valence-electron chi connectivity index (χ3n) is 1.57. The smallest absolute Gasteiger partial charge is 0.133 e. The minimum atomic E-state index is 0.591. The molecule has 56 valence electrons. The van der Waals surface area contributed by atoms with Crippen LogP contribution in [-0.2, 0) is 0 Å². The number of nitrogen functional groups attached to an aromatic ring is 1. The highest BCUT2D eigenvalue weighted by Gasteiger charge is 2.03. The summed E-state index contributed by atoms with van der Waals surface area (Å²) < 4.78 is 1.11. The fraction of sp³-hybridized carbons (Fsp3) is 0. The van der Waals surface area contributed by atoms with E-state index in [0.29, 0.717) is 5.82 Å². The van der Waals surface area contributed by atoms with Crippen molar-refractivity contribution in [3.8, 4) is 0 Å². The number of halogens is 1. The van der Waals surface area contributed by atoms with Crippen LogP contribution in [0.3, 0.4) is 0 Å². The Morgan fingerprint density at radius 3 is 3.09 bits per heavy atom. The van der Waals surface area contributed by atoms with Crippen molar-refractivity contribution in [1.82, 2.24) is 9.97 Å². The standard InChI is InChI=1S/C7H6IN3/c8-4-3-11-5-1-2-10-7(9)6(4)5/h1-3,11H,(H2,9,10). The van der Waals surface area contributed by atoms with Crippen LogP contribution in [0.15, 0.2) is 18.5 Å². The van der Waals surface area contributed by atoms with Crippen LogP contribution in [0.25, 0.3) is 10.9 Å². The van der Waals surface area contributed by atoms with Crippen molar-refractivity contribution in [1.29, 1.82) is 0 Å². The van der Waals surface area contributed by atoms with Crippen molar-refractivity contribution in [3.63, 3.8) is 0 Å². The zero-order valence-corrected chi connectivity index (χ0v) is 7.79. The van der Waals surface area contributed by atoms with Crippen LogP contribution in [0.2, 0.25) is 0 Å². The number of nitrogens with one attached hydrogen (secondary N) is 1. The van der Waals surface area contributed by atoms with E-state index in [9.17, 15) is 0 Å². The van der Waals surface area contributed by atoms with E-state index in [-0.39, 0.29) is 0 Å². The Morgan fingerprint density at radius 1 is 1.55 bits per heavy atom. The molecule has 0 radical (unpaired) electrons. The van der Waals surface area contributed by atoms with Gasteiger partial charge in [-0.15, -0.1) is 0 Å². The Balaban J connectivity index is 2.96. The summed E-state index contributed by atoms with van der Waals surface area (Å²) in [5.41, 5.74) is 6.71. The van der Waals surface area contributed by atoms with Gasteiger partial charge in [0, 0.05) is 16.0 Å². The zero-order valence-electron chi connectivity index (χ0n) is 5.63. The number of nitrogens with zero attached hydrogens (tertiary/aromatic N) is 1. The molecule has 0 aliphatic carbocycles. The first-order valence-electron chi connectivity index (χ1n) is 3.16. The number of anilines is 1. The summed E-state index contributed by atoms with van der Waals surface area (Å²) in [4.78, 5) is 7.09. The largest absolute Gasteiger partial charge is 0.383 e. The molecule has 2 rings (SSSR count). The molecular weight excluding hydrogens is 253 g/mol.